The molecule has 0 fully saturated rings. The van der Waals surface area contributed by atoms with E-state index in [4.69, 9.17) is 8.92 Å². The molecule has 0 spiro atoms. The number of aliphatic hydroxyl groups is 1. The van der Waals surface area contributed by atoms with Crippen LogP contribution in [0.25, 0.3) is 10.9 Å². The Hall–Kier alpha value is -3.98. The Balaban J connectivity index is 1.41. The van der Waals surface area contributed by atoms with Crippen molar-refractivity contribution >= 4 is 21.0 Å². The predicted molar refractivity (Wildman–Crippen MR) is 148 cm³/mol. The largest absolute Gasteiger partial charge is 0.489 e. The highest BCUT2D eigenvalue weighted by atomic mass is 32.2. The summed E-state index contributed by atoms with van der Waals surface area (Å²) >= 11 is 0. The molecule has 5 aromatic rings. The van der Waals surface area contributed by atoms with Crippen molar-refractivity contribution in [3.63, 3.8) is 0 Å². The van der Waals surface area contributed by atoms with Crippen molar-refractivity contribution < 1.29 is 26.8 Å². The van der Waals surface area contributed by atoms with E-state index in [0.717, 1.165) is 22.0 Å². The minimum atomic E-state index is -4.10. The van der Waals surface area contributed by atoms with Gasteiger partial charge in [0.15, 0.2) is 0 Å². The highest BCUT2D eigenvalue weighted by Gasteiger charge is 2.27. The third-order valence-corrected chi connectivity index (χ3v) is 7.79. The molecule has 39 heavy (non-hydrogen) atoms. The zero-order valence-corrected chi connectivity index (χ0v) is 22.1. The molecule has 8 heteroatoms. The fourth-order valence-electron chi connectivity index (χ4n) is 4.50. The van der Waals surface area contributed by atoms with Crippen LogP contribution in [0.5, 0.6) is 5.75 Å². The van der Waals surface area contributed by atoms with E-state index in [2.05, 4.69) is 0 Å². The fraction of sp³-hybridized carbons (Fsp3) is 0.161. The van der Waals surface area contributed by atoms with Gasteiger partial charge in [0.25, 0.3) is 10.1 Å². The number of nitrogens with zero attached hydrogens (tertiary/aromatic N) is 1. The SMILES string of the molecule is Cc1ccc(S(=O)(=O)OCC(O)C(c2cccc(F)c2)n2ccc3cc(OCc4ccccc4)ccc32)cc1. The minimum absolute atomic E-state index is 0.00273. The van der Waals surface area contributed by atoms with Crippen molar-refractivity contribution in [2.75, 3.05) is 6.61 Å². The molecule has 0 aliphatic rings. The maximum Gasteiger partial charge on any atom is 0.297 e. The lowest BCUT2D eigenvalue weighted by Crippen LogP contribution is -2.30. The molecule has 6 nitrogen and oxygen atoms in total. The number of aryl methyl sites for hydroxylation is 1. The lowest BCUT2D eigenvalue weighted by atomic mass is 10.0. The predicted octanol–water partition coefficient (Wildman–Crippen LogP) is 6.02. The molecule has 200 valence electrons. The Bertz CT molecular complexity index is 1670. The van der Waals surface area contributed by atoms with E-state index in [1.54, 1.807) is 35.0 Å². The maximum atomic E-state index is 14.2. The van der Waals surface area contributed by atoms with E-state index >= 15 is 0 Å². The average Bonchev–Trinajstić information content (AvgIpc) is 3.35. The summed E-state index contributed by atoms with van der Waals surface area (Å²) in [7, 11) is -4.10. The number of ether oxygens (including phenoxy) is 1. The molecular weight excluding hydrogens is 517 g/mol. The third kappa shape index (κ3) is 6.20. The van der Waals surface area contributed by atoms with Crippen LogP contribution in [-0.2, 0) is 20.9 Å². The number of aliphatic hydroxyl groups excluding tert-OH is 1. The highest BCUT2D eigenvalue weighted by Crippen LogP contribution is 2.31. The fourth-order valence-corrected chi connectivity index (χ4v) is 5.42. The average molecular weight is 546 g/mol. The molecule has 1 aromatic heterocycles. The zero-order chi connectivity index (χ0) is 27.4. The van der Waals surface area contributed by atoms with E-state index in [1.807, 2.05) is 61.5 Å². The number of fused-ring (bicyclic) bond motifs is 1. The van der Waals surface area contributed by atoms with Gasteiger partial charge in [-0.25, -0.2) is 4.39 Å². The van der Waals surface area contributed by atoms with Gasteiger partial charge in [-0.05, 0) is 66.6 Å². The van der Waals surface area contributed by atoms with Crippen molar-refractivity contribution in [2.45, 2.75) is 30.6 Å². The van der Waals surface area contributed by atoms with Gasteiger partial charge in [-0.1, -0.05) is 60.2 Å². The Morgan fingerprint density at radius 2 is 1.67 bits per heavy atom. The van der Waals surface area contributed by atoms with Crippen LogP contribution < -0.4 is 4.74 Å². The van der Waals surface area contributed by atoms with Gasteiger partial charge in [0, 0.05) is 17.1 Å². The normalized spacial score (nSPS) is 13.3. The van der Waals surface area contributed by atoms with Gasteiger partial charge < -0.3 is 14.4 Å². The molecule has 1 N–H and O–H groups in total. The highest BCUT2D eigenvalue weighted by molar-refractivity contribution is 7.86. The third-order valence-electron chi connectivity index (χ3n) is 6.50. The topological polar surface area (TPSA) is 77.8 Å². The Morgan fingerprint density at radius 3 is 2.41 bits per heavy atom. The number of hydrogen-bond donors (Lipinski definition) is 1. The molecule has 0 saturated carbocycles. The number of halogens is 1. The molecule has 0 saturated heterocycles. The minimum Gasteiger partial charge on any atom is -0.489 e. The number of aromatic nitrogens is 1. The van der Waals surface area contributed by atoms with Crippen LogP contribution in [0.4, 0.5) is 4.39 Å². The summed E-state index contributed by atoms with van der Waals surface area (Å²) in [6.45, 7) is 1.75. The van der Waals surface area contributed by atoms with Gasteiger partial charge in [0.05, 0.1) is 17.5 Å². The van der Waals surface area contributed by atoms with Gasteiger partial charge in [-0.15, -0.1) is 0 Å². The van der Waals surface area contributed by atoms with Gasteiger partial charge >= 0.3 is 0 Å². The summed E-state index contributed by atoms with van der Waals surface area (Å²) in [6, 6.07) is 28.6. The molecule has 2 atom stereocenters. The second-order valence-electron chi connectivity index (χ2n) is 9.34. The zero-order valence-electron chi connectivity index (χ0n) is 21.3. The Morgan fingerprint density at radius 1 is 0.897 bits per heavy atom. The van der Waals surface area contributed by atoms with Crippen molar-refractivity contribution in [3.8, 4) is 5.75 Å². The monoisotopic (exact) mass is 545 g/mol. The first-order chi connectivity index (χ1) is 18.8. The molecule has 0 radical (unpaired) electrons. The molecule has 0 aliphatic heterocycles. The van der Waals surface area contributed by atoms with E-state index in [1.165, 1.54) is 24.3 Å². The first-order valence-electron chi connectivity index (χ1n) is 12.5. The molecule has 1 heterocycles. The van der Waals surface area contributed by atoms with E-state index in [0.29, 0.717) is 17.9 Å². The summed E-state index contributed by atoms with van der Waals surface area (Å²) in [5.74, 6) is 0.213. The summed E-state index contributed by atoms with van der Waals surface area (Å²) in [5.41, 5.74) is 3.19. The molecule has 4 aromatic carbocycles. The van der Waals surface area contributed by atoms with E-state index in [9.17, 15) is 17.9 Å². The second-order valence-corrected chi connectivity index (χ2v) is 11.0. The van der Waals surface area contributed by atoms with Crippen LogP contribution in [0.15, 0.2) is 114 Å². The summed E-state index contributed by atoms with van der Waals surface area (Å²) < 4.78 is 52.7. The van der Waals surface area contributed by atoms with Crippen molar-refractivity contribution in [2.24, 2.45) is 0 Å². The Kier molecular flexibility index (Phi) is 7.79. The van der Waals surface area contributed by atoms with Crippen LogP contribution in [0.1, 0.15) is 22.7 Å². The van der Waals surface area contributed by atoms with Crippen LogP contribution in [-0.4, -0.2) is 30.8 Å². The van der Waals surface area contributed by atoms with Gasteiger partial charge in [-0.3, -0.25) is 4.18 Å². The standard InChI is InChI=1S/C31H28FNO5S/c1-22-10-13-28(14-11-22)39(35,36)38-21-30(34)31(25-8-5-9-26(32)18-25)33-17-16-24-19-27(12-15-29(24)33)37-20-23-6-3-2-4-7-23/h2-19,30-31,34H,20-21H2,1H3. The summed E-state index contributed by atoms with van der Waals surface area (Å²) in [6.07, 6.45) is 0.468. The van der Waals surface area contributed by atoms with Gasteiger partial charge in [-0.2, -0.15) is 8.42 Å². The number of rotatable bonds is 10. The first-order valence-corrected chi connectivity index (χ1v) is 13.9. The molecular formula is C31H28FNO5S. The van der Waals surface area contributed by atoms with Gasteiger partial charge in [0.2, 0.25) is 0 Å². The molecule has 2 unspecified atom stereocenters. The smallest absolute Gasteiger partial charge is 0.297 e. The number of hydrogen-bond acceptors (Lipinski definition) is 5. The van der Waals surface area contributed by atoms with Crippen LogP contribution in [0, 0.1) is 12.7 Å². The summed E-state index contributed by atoms with van der Waals surface area (Å²) in [4.78, 5) is -0.00273. The van der Waals surface area contributed by atoms with Crippen LogP contribution in [0.3, 0.4) is 0 Å². The summed E-state index contributed by atoms with van der Waals surface area (Å²) in [5, 5.41) is 12.1. The Labute approximate surface area is 227 Å². The number of benzene rings is 4. The lowest BCUT2D eigenvalue weighted by molar-refractivity contribution is 0.0784. The molecule has 0 amide bonds. The first kappa shape index (κ1) is 26.6. The maximum absolute atomic E-state index is 14.2. The van der Waals surface area contributed by atoms with Crippen LogP contribution >= 0.6 is 0 Å². The van der Waals surface area contributed by atoms with E-state index in [-0.39, 0.29) is 4.90 Å². The molecule has 0 aliphatic carbocycles. The van der Waals surface area contributed by atoms with E-state index < -0.39 is 34.7 Å². The molecule has 5 rings (SSSR count). The lowest BCUT2D eigenvalue weighted by Gasteiger charge is -2.26. The van der Waals surface area contributed by atoms with Crippen molar-refractivity contribution in [3.05, 3.63) is 132 Å². The van der Waals surface area contributed by atoms with Crippen molar-refractivity contribution in [1.29, 1.82) is 0 Å². The van der Waals surface area contributed by atoms with Gasteiger partial charge in [0.1, 0.15) is 24.3 Å². The van der Waals surface area contributed by atoms with Crippen LogP contribution in [0.2, 0.25) is 0 Å². The quantitative estimate of drug-likeness (QED) is 0.217. The molecule has 0 bridgehead atoms. The second kappa shape index (κ2) is 11.4. The van der Waals surface area contributed by atoms with Crippen molar-refractivity contribution in [1.82, 2.24) is 4.57 Å².